The van der Waals surface area contributed by atoms with Gasteiger partial charge in [-0.1, -0.05) is 18.2 Å². The number of likely N-dealkylation sites (tertiary alicyclic amines) is 1. The average molecular weight is 329 g/mol. The molecule has 1 N–H and O–H groups in total. The molecule has 1 fully saturated rings. The first kappa shape index (κ1) is 17.0. The van der Waals surface area contributed by atoms with Crippen molar-refractivity contribution in [1.82, 2.24) is 14.8 Å². The SMILES string of the molecule is COCCN1CC[C@@H](CNC(=O)Cn2c(C)cc3ccccc32)C1. The molecule has 1 saturated heterocycles. The van der Waals surface area contributed by atoms with Gasteiger partial charge >= 0.3 is 0 Å². The Bertz CT molecular complexity index is 695. The standard InChI is InChI=1S/C19H27N3O2/c1-15-11-17-5-3-4-6-18(17)22(15)14-19(23)20-12-16-7-8-21(13-16)9-10-24-2/h3-6,11,16H,7-10,12-14H2,1-2H3,(H,20,23)/t16-/m0/s1. The first-order valence-electron chi connectivity index (χ1n) is 8.70. The first-order valence-corrected chi connectivity index (χ1v) is 8.70. The maximum atomic E-state index is 12.4. The summed E-state index contributed by atoms with van der Waals surface area (Å²) in [6.07, 6.45) is 1.15. The van der Waals surface area contributed by atoms with Crippen molar-refractivity contribution >= 4 is 16.8 Å². The van der Waals surface area contributed by atoms with Crippen LogP contribution >= 0.6 is 0 Å². The van der Waals surface area contributed by atoms with Crippen LogP contribution in [0, 0.1) is 12.8 Å². The lowest BCUT2D eigenvalue weighted by atomic mass is 10.1. The zero-order valence-electron chi connectivity index (χ0n) is 14.6. The van der Waals surface area contributed by atoms with Crippen molar-refractivity contribution in [2.24, 2.45) is 5.92 Å². The quantitative estimate of drug-likeness (QED) is 0.845. The van der Waals surface area contributed by atoms with Crippen LogP contribution in [-0.2, 0) is 16.1 Å². The molecule has 1 aromatic heterocycles. The lowest BCUT2D eigenvalue weighted by Crippen LogP contribution is -2.33. The molecule has 2 aromatic rings. The molecule has 24 heavy (non-hydrogen) atoms. The monoisotopic (exact) mass is 329 g/mol. The van der Waals surface area contributed by atoms with Gasteiger partial charge in [0.15, 0.2) is 0 Å². The number of amides is 1. The molecule has 5 nitrogen and oxygen atoms in total. The molecule has 2 heterocycles. The van der Waals surface area contributed by atoms with Gasteiger partial charge in [-0.05, 0) is 43.3 Å². The highest BCUT2D eigenvalue weighted by Crippen LogP contribution is 2.19. The maximum Gasteiger partial charge on any atom is 0.239 e. The number of hydrogen-bond acceptors (Lipinski definition) is 3. The number of para-hydroxylation sites is 1. The fraction of sp³-hybridized carbons (Fsp3) is 0.526. The van der Waals surface area contributed by atoms with Gasteiger partial charge < -0.3 is 19.5 Å². The zero-order valence-corrected chi connectivity index (χ0v) is 14.6. The second-order valence-electron chi connectivity index (χ2n) is 6.68. The third kappa shape index (κ3) is 3.97. The van der Waals surface area contributed by atoms with Gasteiger partial charge in [-0.3, -0.25) is 4.79 Å². The highest BCUT2D eigenvalue weighted by atomic mass is 16.5. The second kappa shape index (κ2) is 7.81. The van der Waals surface area contributed by atoms with Gasteiger partial charge in [-0.25, -0.2) is 0 Å². The van der Waals surface area contributed by atoms with Crippen LogP contribution in [0.3, 0.4) is 0 Å². The molecule has 0 spiro atoms. The lowest BCUT2D eigenvalue weighted by molar-refractivity contribution is -0.121. The van der Waals surface area contributed by atoms with E-state index in [0.29, 0.717) is 12.5 Å². The van der Waals surface area contributed by atoms with E-state index in [2.05, 4.69) is 39.9 Å². The Morgan fingerprint density at radius 1 is 1.38 bits per heavy atom. The van der Waals surface area contributed by atoms with Crippen LogP contribution in [0.15, 0.2) is 30.3 Å². The molecule has 1 aliphatic rings. The molecule has 0 saturated carbocycles. The summed E-state index contributed by atoms with van der Waals surface area (Å²) < 4.78 is 7.22. The minimum Gasteiger partial charge on any atom is -0.383 e. The predicted octanol–water partition coefficient (Wildman–Crippen LogP) is 2.03. The number of rotatable bonds is 7. The van der Waals surface area contributed by atoms with E-state index in [-0.39, 0.29) is 5.91 Å². The number of aromatic nitrogens is 1. The number of methoxy groups -OCH3 is 1. The Hall–Kier alpha value is -1.85. The van der Waals surface area contributed by atoms with Crippen molar-refractivity contribution in [3.05, 3.63) is 36.0 Å². The largest absolute Gasteiger partial charge is 0.383 e. The lowest BCUT2D eigenvalue weighted by Gasteiger charge is -2.16. The molecular formula is C19H27N3O2. The number of benzene rings is 1. The summed E-state index contributed by atoms with van der Waals surface area (Å²) in [6, 6.07) is 10.3. The third-order valence-corrected chi connectivity index (χ3v) is 4.89. The summed E-state index contributed by atoms with van der Waals surface area (Å²) in [5.41, 5.74) is 2.25. The van der Waals surface area contributed by atoms with E-state index in [1.54, 1.807) is 7.11 Å². The van der Waals surface area contributed by atoms with Crippen LogP contribution in [0.2, 0.25) is 0 Å². The molecule has 1 amide bonds. The van der Waals surface area contributed by atoms with Gasteiger partial charge in [0.05, 0.1) is 6.61 Å². The summed E-state index contributed by atoms with van der Waals surface area (Å²) in [5, 5.41) is 4.30. The zero-order chi connectivity index (χ0) is 16.9. The van der Waals surface area contributed by atoms with Crippen molar-refractivity contribution < 1.29 is 9.53 Å². The molecule has 1 atom stereocenters. The molecular weight excluding hydrogens is 302 g/mol. The number of nitrogens with zero attached hydrogens (tertiary/aromatic N) is 2. The van der Waals surface area contributed by atoms with E-state index in [4.69, 9.17) is 4.74 Å². The van der Waals surface area contributed by atoms with Crippen molar-refractivity contribution in [3.63, 3.8) is 0 Å². The summed E-state index contributed by atoms with van der Waals surface area (Å²) in [4.78, 5) is 14.8. The molecule has 3 rings (SSSR count). The van der Waals surface area contributed by atoms with Crippen molar-refractivity contribution in [2.45, 2.75) is 19.9 Å². The van der Waals surface area contributed by atoms with E-state index < -0.39 is 0 Å². The maximum absolute atomic E-state index is 12.4. The smallest absolute Gasteiger partial charge is 0.239 e. The first-order chi connectivity index (χ1) is 11.7. The van der Waals surface area contributed by atoms with Crippen molar-refractivity contribution in [2.75, 3.05) is 39.9 Å². The summed E-state index contributed by atoms with van der Waals surface area (Å²) in [7, 11) is 1.74. The number of hydrogen-bond donors (Lipinski definition) is 1. The number of nitrogens with one attached hydrogen (secondary N) is 1. The van der Waals surface area contributed by atoms with Crippen LogP contribution in [-0.4, -0.2) is 55.3 Å². The van der Waals surface area contributed by atoms with Crippen LogP contribution in [0.4, 0.5) is 0 Å². The van der Waals surface area contributed by atoms with E-state index in [1.165, 1.54) is 5.39 Å². The topological polar surface area (TPSA) is 46.5 Å². The summed E-state index contributed by atoms with van der Waals surface area (Å²) in [5.74, 6) is 0.642. The van der Waals surface area contributed by atoms with Crippen LogP contribution in [0.5, 0.6) is 0 Å². The molecule has 0 bridgehead atoms. The van der Waals surface area contributed by atoms with Gasteiger partial charge in [0.2, 0.25) is 5.91 Å². The Kier molecular flexibility index (Phi) is 5.53. The number of fused-ring (bicyclic) bond motifs is 1. The molecule has 0 unspecified atom stereocenters. The van der Waals surface area contributed by atoms with Gasteiger partial charge in [-0.15, -0.1) is 0 Å². The van der Waals surface area contributed by atoms with Crippen molar-refractivity contribution in [1.29, 1.82) is 0 Å². The fourth-order valence-electron chi connectivity index (χ4n) is 3.52. The van der Waals surface area contributed by atoms with E-state index >= 15 is 0 Å². The number of carbonyl (C=O) groups excluding carboxylic acids is 1. The van der Waals surface area contributed by atoms with Gasteiger partial charge in [0, 0.05) is 38.0 Å². The minimum absolute atomic E-state index is 0.0924. The number of carbonyl (C=O) groups is 1. The van der Waals surface area contributed by atoms with Gasteiger partial charge in [0.1, 0.15) is 6.54 Å². The van der Waals surface area contributed by atoms with Crippen LogP contribution in [0.25, 0.3) is 10.9 Å². The molecule has 5 heteroatoms. The number of ether oxygens (including phenoxy) is 1. The Labute approximate surface area is 143 Å². The Morgan fingerprint density at radius 3 is 3.04 bits per heavy atom. The molecule has 130 valence electrons. The van der Waals surface area contributed by atoms with E-state index in [1.807, 2.05) is 12.1 Å². The minimum atomic E-state index is 0.0924. The third-order valence-electron chi connectivity index (χ3n) is 4.89. The second-order valence-corrected chi connectivity index (χ2v) is 6.68. The molecule has 0 radical (unpaired) electrons. The van der Waals surface area contributed by atoms with Gasteiger partial charge in [-0.2, -0.15) is 0 Å². The summed E-state index contributed by atoms with van der Waals surface area (Å²) >= 11 is 0. The Morgan fingerprint density at radius 2 is 2.21 bits per heavy atom. The predicted molar refractivity (Wildman–Crippen MR) is 96.1 cm³/mol. The molecule has 0 aliphatic carbocycles. The highest BCUT2D eigenvalue weighted by molar-refractivity contribution is 5.84. The highest BCUT2D eigenvalue weighted by Gasteiger charge is 2.22. The van der Waals surface area contributed by atoms with E-state index in [0.717, 1.165) is 50.4 Å². The van der Waals surface area contributed by atoms with Crippen molar-refractivity contribution in [3.8, 4) is 0 Å². The number of aryl methyl sites for hydroxylation is 1. The van der Waals surface area contributed by atoms with Crippen LogP contribution < -0.4 is 5.32 Å². The summed E-state index contributed by atoms with van der Waals surface area (Å²) in [6.45, 7) is 7.12. The molecule has 1 aliphatic heterocycles. The van der Waals surface area contributed by atoms with E-state index in [9.17, 15) is 4.79 Å². The average Bonchev–Trinajstić information content (AvgIpc) is 3.16. The van der Waals surface area contributed by atoms with Gasteiger partial charge in [0.25, 0.3) is 0 Å². The fourth-order valence-corrected chi connectivity index (χ4v) is 3.52. The van der Waals surface area contributed by atoms with Crippen LogP contribution in [0.1, 0.15) is 12.1 Å². The normalized spacial score (nSPS) is 18.3. The molecule has 1 aromatic carbocycles. The Balaban J connectivity index is 1.50.